The first-order chi connectivity index (χ1) is 10.5. The van der Waals surface area contributed by atoms with Crippen molar-refractivity contribution in [2.24, 2.45) is 0 Å². The smallest absolute Gasteiger partial charge is 0.325 e. The van der Waals surface area contributed by atoms with Gasteiger partial charge >= 0.3 is 5.97 Å². The Morgan fingerprint density at radius 3 is 2.41 bits per heavy atom. The number of hydrogen-bond donors (Lipinski definition) is 1. The minimum absolute atomic E-state index is 0.140. The van der Waals surface area contributed by atoms with E-state index in [1.807, 2.05) is 44.2 Å². The van der Waals surface area contributed by atoms with E-state index in [0.29, 0.717) is 5.56 Å². The van der Waals surface area contributed by atoms with Gasteiger partial charge in [0.2, 0.25) is 0 Å². The number of rotatable bonds is 5. The minimum atomic E-state index is -0.457. The van der Waals surface area contributed by atoms with Crippen LogP contribution in [0.5, 0.6) is 0 Å². The molecule has 0 saturated heterocycles. The first-order valence-electron chi connectivity index (χ1n) is 7.10. The number of esters is 1. The normalized spacial score (nSPS) is 10.1. The standard InChI is InChI=1S/C18H19NO3/c1-13-6-8-15(9-7-13)12-22-17(20)11-19-18(21)16-5-3-4-14(2)10-16/h3-10H,11-12H2,1-2H3,(H,19,21). The lowest BCUT2D eigenvalue weighted by Crippen LogP contribution is -2.30. The van der Waals surface area contributed by atoms with Gasteiger partial charge < -0.3 is 10.1 Å². The Bertz CT molecular complexity index is 662. The minimum Gasteiger partial charge on any atom is -0.460 e. The van der Waals surface area contributed by atoms with Crippen LogP contribution in [0.15, 0.2) is 48.5 Å². The van der Waals surface area contributed by atoms with Crippen molar-refractivity contribution >= 4 is 11.9 Å². The van der Waals surface area contributed by atoms with E-state index in [4.69, 9.17) is 4.74 Å². The van der Waals surface area contributed by atoms with Crippen molar-refractivity contribution in [3.05, 3.63) is 70.8 Å². The Morgan fingerprint density at radius 1 is 1.00 bits per heavy atom. The Labute approximate surface area is 130 Å². The molecule has 0 aliphatic rings. The van der Waals surface area contributed by atoms with E-state index in [1.165, 1.54) is 0 Å². The molecular formula is C18H19NO3. The zero-order chi connectivity index (χ0) is 15.9. The van der Waals surface area contributed by atoms with Crippen molar-refractivity contribution in [3.63, 3.8) is 0 Å². The molecule has 1 N–H and O–H groups in total. The van der Waals surface area contributed by atoms with E-state index >= 15 is 0 Å². The summed E-state index contributed by atoms with van der Waals surface area (Å²) >= 11 is 0. The van der Waals surface area contributed by atoms with Gasteiger partial charge in [-0.05, 0) is 31.5 Å². The van der Waals surface area contributed by atoms with E-state index in [1.54, 1.807) is 18.2 Å². The summed E-state index contributed by atoms with van der Waals surface area (Å²) in [4.78, 5) is 23.5. The van der Waals surface area contributed by atoms with Crippen LogP contribution in [0.25, 0.3) is 0 Å². The van der Waals surface area contributed by atoms with Gasteiger partial charge in [-0.15, -0.1) is 0 Å². The van der Waals surface area contributed by atoms with Crippen molar-refractivity contribution < 1.29 is 14.3 Å². The number of nitrogens with one attached hydrogen (secondary N) is 1. The zero-order valence-corrected chi connectivity index (χ0v) is 12.8. The molecule has 2 rings (SSSR count). The van der Waals surface area contributed by atoms with Crippen molar-refractivity contribution in [2.45, 2.75) is 20.5 Å². The molecule has 4 nitrogen and oxygen atoms in total. The summed E-state index contributed by atoms with van der Waals surface area (Å²) < 4.78 is 5.12. The summed E-state index contributed by atoms with van der Waals surface area (Å²) in [6.07, 6.45) is 0. The number of carbonyl (C=O) groups excluding carboxylic acids is 2. The molecule has 0 aliphatic heterocycles. The van der Waals surface area contributed by atoms with Crippen LogP contribution in [-0.2, 0) is 16.1 Å². The summed E-state index contributed by atoms with van der Waals surface area (Å²) in [5, 5.41) is 2.56. The molecule has 1 amide bonds. The lowest BCUT2D eigenvalue weighted by atomic mass is 10.1. The molecule has 0 aromatic heterocycles. The Balaban J connectivity index is 1.78. The third-order valence-electron chi connectivity index (χ3n) is 3.19. The molecule has 0 aliphatic carbocycles. The molecule has 0 heterocycles. The first-order valence-corrected chi connectivity index (χ1v) is 7.10. The molecule has 22 heavy (non-hydrogen) atoms. The van der Waals surface area contributed by atoms with E-state index in [0.717, 1.165) is 16.7 Å². The maximum absolute atomic E-state index is 11.9. The fraction of sp³-hybridized carbons (Fsp3) is 0.222. The average molecular weight is 297 g/mol. The second-order valence-corrected chi connectivity index (χ2v) is 5.20. The molecule has 2 aromatic rings. The summed E-state index contributed by atoms with van der Waals surface area (Å²) in [5.74, 6) is -0.738. The fourth-order valence-electron chi connectivity index (χ4n) is 1.94. The van der Waals surface area contributed by atoms with Crippen LogP contribution in [0.2, 0.25) is 0 Å². The largest absolute Gasteiger partial charge is 0.460 e. The average Bonchev–Trinajstić information content (AvgIpc) is 2.52. The molecule has 0 fully saturated rings. The number of aryl methyl sites for hydroxylation is 2. The molecule has 0 saturated carbocycles. The summed E-state index contributed by atoms with van der Waals surface area (Å²) in [7, 11) is 0. The second-order valence-electron chi connectivity index (χ2n) is 5.20. The molecule has 0 unspecified atom stereocenters. The molecule has 0 bridgehead atoms. The first kappa shape index (κ1) is 15.8. The molecule has 2 aromatic carbocycles. The number of amides is 1. The van der Waals surface area contributed by atoms with Crippen LogP contribution in [0.3, 0.4) is 0 Å². The molecule has 0 radical (unpaired) electrons. The highest BCUT2D eigenvalue weighted by Crippen LogP contribution is 2.05. The fourth-order valence-corrected chi connectivity index (χ4v) is 1.94. The highest BCUT2D eigenvalue weighted by Gasteiger charge is 2.09. The van der Waals surface area contributed by atoms with E-state index in [2.05, 4.69) is 5.32 Å². The SMILES string of the molecule is Cc1ccc(COC(=O)CNC(=O)c2cccc(C)c2)cc1. The molecule has 0 atom stereocenters. The lowest BCUT2D eigenvalue weighted by molar-refractivity contribution is -0.143. The van der Waals surface area contributed by atoms with E-state index in [-0.39, 0.29) is 19.1 Å². The molecular weight excluding hydrogens is 278 g/mol. The van der Waals surface area contributed by atoms with E-state index in [9.17, 15) is 9.59 Å². The van der Waals surface area contributed by atoms with Gasteiger partial charge in [0.1, 0.15) is 13.2 Å². The maximum atomic E-state index is 11.9. The number of hydrogen-bond acceptors (Lipinski definition) is 3. The highest BCUT2D eigenvalue weighted by molar-refractivity contribution is 5.96. The monoisotopic (exact) mass is 297 g/mol. The van der Waals surface area contributed by atoms with Gasteiger partial charge in [0.15, 0.2) is 0 Å². The van der Waals surface area contributed by atoms with Gasteiger partial charge in [-0.3, -0.25) is 9.59 Å². The van der Waals surface area contributed by atoms with Crippen molar-refractivity contribution in [1.82, 2.24) is 5.32 Å². The summed E-state index contributed by atoms with van der Waals surface area (Å²) in [5.41, 5.74) is 3.60. The van der Waals surface area contributed by atoms with Gasteiger partial charge in [-0.25, -0.2) is 0 Å². The quantitative estimate of drug-likeness (QED) is 0.863. The third kappa shape index (κ3) is 4.74. The molecule has 0 spiro atoms. The zero-order valence-electron chi connectivity index (χ0n) is 12.8. The van der Waals surface area contributed by atoms with Gasteiger partial charge in [-0.2, -0.15) is 0 Å². The summed E-state index contributed by atoms with van der Waals surface area (Å²) in [6, 6.07) is 14.9. The van der Waals surface area contributed by atoms with Crippen LogP contribution in [0.4, 0.5) is 0 Å². The maximum Gasteiger partial charge on any atom is 0.325 e. The highest BCUT2D eigenvalue weighted by atomic mass is 16.5. The Kier molecular flexibility index (Phi) is 5.31. The Hall–Kier alpha value is -2.62. The van der Waals surface area contributed by atoms with Crippen LogP contribution < -0.4 is 5.32 Å². The number of ether oxygens (including phenoxy) is 1. The summed E-state index contributed by atoms with van der Waals surface area (Å²) in [6.45, 7) is 3.97. The van der Waals surface area contributed by atoms with Crippen LogP contribution in [0, 0.1) is 13.8 Å². The topological polar surface area (TPSA) is 55.4 Å². The number of benzene rings is 2. The predicted molar refractivity (Wildman–Crippen MR) is 84.5 cm³/mol. The van der Waals surface area contributed by atoms with Crippen LogP contribution in [0.1, 0.15) is 27.0 Å². The van der Waals surface area contributed by atoms with Crippen LogP contribution in [-0.4, -0.2) is 18.4 Å². The lowest BCUT2D eigenvalue weighted by Gasteiger charge is -2.07. The Morgan fingerprint density at radius 2 is 1.73 bits per heavy atom. The van der Waals surface area contributed by atoms with Gasteiger partial charge in [0.05, 0.1) is 0 Å². The van der Waals surface area contributed by atoms with Crippen molar-refractivity contribution in [2.75, 3.05) is 6.54 Å². The van der Waals surface area contributed by atoms with Gasteiger partial charge in [0.25, 0.3) is 5.91 Å². The predicted octanol–water partition coefficient (Wildman–Crippen LogP) is 2.78. The molecule has 114 valence electrons. The van der Waals surface area contributed by atoms with Gasteiger partial charge in [0, 0.05) is 5.56 Å². The van der Waals surface area contributed by atoms with Gasteiger partial charge in [-0.1, -0.05) is 47.5 Å². The van der Waals surface area contributed by atoms with Crippen molar-refractivity contribution in [3.8, 4) is 0 Å². The molecule has 4 heteroatoms. The second kappa shape index (κ2) is 7.41. The third-order valence-corrected chi connectivity index (χ3v) is 3.19. The van der Waals surface area contributed by atoms with Crippen LogP contribution >= 0.6 is 0 Å². The van der Waals surface area contributed by atoms with Crippen molar-refractivity contribution in [1.29, 1.82) is 0 Å². The number of carbonyl (C=O) groups is 2. The van der Waals surface area contributed by atoms with E-state index < -0.39 is 5.97 Å².